The summed E-state index contributed by atoms with van der Waals surface area (Å²) in [5.74, 6) is -0.399. The van der Waals surface area contributed by atoms with Gasteiger partial charge in [-0.2, -0.15) is 0 Å². The molecule has 0 aliphatic carbocycles. The van der Waals surface area contributed by atoms with Gasteiger partial charge >= 0.3 is 5.69 Å². The SMILES string of the molecule is Cc1ccc(OCC(CS(N)(=O)=O)C(C)C)c([N+](=O)[O-])c1. The van der Waals surface area contributed by atoms with Crippen molar-refractivity contribution in [2.24, 2.45) is 17.0 Å². The zero-order valence-electron chi connectivity index (χ0n) is 12.3. The highest BCUT2D eigenvalue weighted by atomic mass is 32.2. The fraction of sp³-hybridized carbons (Fsp3) is 0.538. The molecule has 21 heavy (non-hydrogen) atoms. The first-order valence-electron chi connectivity index (χ1n) is 6.48. The van der Waals surface area contributed by atoms with Crippen LogP contribution in [0.3, 0.4) is 0 Å². The van der Waals surface area contributed by atoms with Crippen molar-refractivity contribution in [2.45, 2.75) is 20.8 Å². The monoisotopic (exact) mass is 316 g/mol. The Bertz CT molecular complexity index is 613. The van der Waals surface area contributed by atoms with Crippen LogP contribution in [0.15, 0.2) is 18.2 Å². The van der Waals surface area contributed by atoms with Gasteiger partial charge in [0.15, 0.2) is 5.75 Å². The first kappa shape index (κ1) is 17.4. The Morgan fingerprint density at radius 3 is 2.48 bits per heavy atom. The molecule has 8 heteroatoms. The van der Waals surface area contributed by atoms with E-state index in [-0.39, 0.29) is 35.6 Å². The molecule has 0 bridgehead atoms. The van der Waals surface area contributed by atoms with Crippen LogP contribution in [0.2, 0.25) is 0 Å². The Balaban J connectivity index is 2.88. The minimum Gasteiger partial charge on any atom is -0.486 e. The Labute approximate surface area is 124 Å². The number of primary sulfonamides is 1. The van der Waals surface area contributed by atoms with Crippen LogP contribution in [0, 0.1) is 28.9 Å². The summed E-state index contributed by atoms with van der Waals surface area (Å²) in [6.45, 7) is 5.50. The van der Waals surface area contributed by atoms with Gasteiger partial charge in [-0.05, 0) is 24.5 Å². The van der Waals surface area contributed by atoms with Crippen molar-refractivity contribution in [3.05, 3.63) is 33.9 Å². The third-order valence-corrected chi connectivity index (χ3v) is 4.05. The van der Waals surface area contributed by atoms with Gasteiger partial charge in [0.2, 0.25) is 10.0 Å². The van der Waals surface area contributed by atoms with Crippen molar-refractivity contribution in [2.75, 3.05) is 12.4 Å². The molecule has 0 saturated carbocycles. The van der Waals surface area contributed by atoms with Crippen LogP contribution < -0.4 is 9.88 Å². The standard InChI is InChI=1S/C13H20N2O5S/c1-9(2)11(8-21(14,18)19)7-20-13-5-4-10(3)6-12(13)15(16)17/h4-6,9,11H,7-8H2,1-3H3,(H2,14,18,19). The molecule has 118 valence electrons. The van der Waals surface area contributed by atoms with Crippen LogP contribution in [0.1, 0.15) is 19.4 Å². The lowest BCUT2D eigenvalue weighted by atomic mass is 9.99. The van der Waals surface area contributed by atoms with Crippen LogP contribution in [-0.2, 0) is 10.0 Å². The Morgan fingerprint density at radius 1 is 1.38 bits per heavy atom. The fourth-order valence-electron chi connectivity index (χ4n) is 1.82. The normalized spacial score (nSPS) is 13.2. The summed E-state index contributed by atoms with van der Waals surface area (Å²) in [5.41, 5.74) is 0.618. The van der Waals surface area contributed by atoms with Crippen LogP contribution in [0.5, 0.6) is 5.75 Å². The molecule has 0 saturated heterocycles. The minimum atomic E-state index is -3.62. The van der Waals surface area contributed by atoms with E-state index >= 15 is 0 Å². The van der Waals surface area contributed by atoms with Gasteiger partial charge in [0.1, 0.15) is 0 Å². The third-order valence-electron chi connectivity index (χ3n) is 3.15. The molecule has 0 heterocycles. The van der Waals surface area contributed by atoms with Crippen molar-refractivity contribution in [3.63, 3.8) is 0 Å². The zero-order chi connectivity index (χ0) is 16.2. The third kappa shape index (κ3) is 5.68. The number of aryl methyl sites for hydroxylation is 1. The molecule has 2 N–H and O–H groups in total. The number of nitrogens with zero attached hydrogens (tertiary/aromatic N) is 1. The number of nitro benzene ring substituents is 1. The fourth-order valence-corrected chi connectivity index (χ4v) is 2.90. The molecule has 1 rings (SSSR count). The topological polar surface area (TPSA) is 113 Å². The number of hydrogen-bond acceptors (Lipinski definition) is 5. The summed E-state index contributed by atoms with van der Waals surface area (Å²) in [4.78, 5) is 10.5. The van der Waals surface area contributed by atoms with E-state index in [1.165, 1.54) is 12.1 Å². The predicted octanol–water partition coefficient (Wildman–Crippen LogP) is 1.84. The number of benzene rings is 1. The van der Waals surface area contributed by atoms with Crippen LogP contribution in [0.4, 0.5) is 5.69 Å². The van der Waals surface area contributed by atoms with Gasteiger partial charge < -0.3 is 4.74 Å². The van der Waals surface area contributed by atoms with Crippen LogP contribution in [-0.4, -0.2) is 25.7 Å². The molecular weight excluding hydrogens is 296 g/mol. The predicted molar refractivity (Wildman–Crippen MR) is 79.6 cm³/mol. The van der Waals surface area contributed by atoms with Gasteiger partial charge in [0, 0.05) is 12.0 Å². The molecule has 0 fully saturated rings. The van der Waals surface area contributed by atoms with E-state index in [0.717, 1.165) is 5.56 Å². The van der Waals surface area contributed by atoms with Crippen molar-refractivity contribution in [3.8, 4) is 5.75 Å². The molecule has 0 spiro atoms. The molecule has 1 aromatic rings. The van der Waals surface area contributed by atoms with E-state index in [0.29, 0.717) is 0 Å². The summed E-state index contributed by atoms with van der Waals surface area (Å²) in [6.07, 6.45) is 0. The smallest absolute Gasteiger partial charge is 0.311 e. The number of rotatable bonds is 7. The lowest BCUT2D eigenvalue weighted by Crippen LogP contribution is -2.30. The lowest BCUT2D eigenvalue weighted by Gasteiger charge is -2.20. The summed E-state index contributed by atoms with van der Waals surface area (Å²) >= 11 is 0. The van der Waals surface area contributed by atoms with Crippen molar-refractivity contribution >= 4 is 15.7 Å². The Kier molecular flexibility index (Phi) is 5.68. The van der Waals surface area contributed by atoms with Crippen LogP contribution >= 0.6 is 0 Å². The largest absolute Gasteiger partial charge is 0.486 e. The van der Waals surface area contributed by atoms with Crippen molar-refractivity contribution < 1.29 is 18.1 Å². The number of ether oxygens (including phenoxy) is 1. The summed E-state index contributed by atoms with van der Waals surface area (Å²) in [7, 11) is -3.62. The van der Waals surface area contributed by atoms with Crippen molar-refractivity contribution in [1.82, 2.24) is 0 Å². The average molecular weight is 316 g/mol. The second-order valence-corrected chi connectivity index (χ2v) is 7.03. The highest BCUT2D eigenvalue weighted by molar-refractivity contribution is 7.89. The molecule has 1 atom stereocenters. The average Bonchev–Trinajstić information content (AvgIpc) is 2.33. The van der Waals surface area contributed by atoms with Gasteiger partial charge in [0.25, 0.3) is 0 Å². The first-order valence-corrected chi connectivity index (χ1v) is 8.20. The highest BCUT2D eigenvalue weighted by Gasteiger charge is 2.22. The maximum absolute atomic E-state index is 11.2. The van der Waals surface area contributed by atoms with E-state index in [1.54, 1.807) is 13.0 Å². The molecular formula is C13H20N2O5S. The molecule has 7 nitrogen and oxygen atoms in total. The van der Waals surface area contributed by atoms with E-state index in [1.807, 2.05) is 13.8 Å². The molecule has 0 radical (unpaired) electrons. The van der Waals surface area contributed by atoms with E-state index < -0.39 is 14.9 Å². The second kappa shape index (κ2) is 6.86. The number of nitro groups is 1. The summed E-state index contributed by atoms with van der Waals surface area (Å²) in [5, 5.41) is 16.0. The number of hydrogen-bond donors (Lipinski definition) is 1. The molecule has 1 aromatic carbocycles. The number of nitrogens with two attached hydrogens (primary N) is 1. The molecule has 0 aromatic heterocycles. The Hall–Kier alpha value is -1.67. The molecule has 0 amide bonds. The van der Waals surface area contributed by atoms with Crippen LogP contribution in [0.25, 0.3) is 0 Å². The summed E-state index contributed by atoms with van der Waals surface area (Å²) in [6, 6.07) is 4.63. The van der Waals surface area contributed by atoms with Crippen molar-refractivity contribution in [1.29, 1.82) is 0 Å². The van der Waals surface area contributed by atoms with E-state index in [4.69, 9.17) is 9.88 Å². The van der Waals surface area contributed by atoms with Gasteiger partial charge in [0.05, 0.1) is 17.3 Å². The Morgan fingerprint density at radius 2 is 2.00 bits per heavy atom. The maximum Gasteiger partial charge on any atom is 0.311 e. The highest BCUT2D eigenvalue weighted by Crippen LogP contribution is 2.28. The zero-order valence-corrected chi connectivity index (χ0v) is 13.1. The molecule has 1 unspecified atom stereocenters. The quantitative estimate of drug-likeness (QED) is 0.609. The number of sulfonamides is 1. The van der Waals surface area contributed by atoms with E-state index in [2.05, 4.69) is 0 Å². The van der Waals surface area contributed by atoms with Gasteiger partial charge in [-0.3, -0.25) is 10.1 Å². The lowest BCUT2D eigenvalue weighted by molar-refractivity contribution is -0.386. The van der Waals surface area contributed by atoms with E-state index in [9.17, 15) is 18.5 Å². The molecule has 0 aliphatic rings. The van der Waals surface area contributed by atoms with Gasteiger partial charge in [-0.15, -0.1) is 0 Å². The summed E-state index contributed by atoms with van der Waals surface area (Å²) < 4.78 is 27.8. The minimum absolute atomic E-state index is 0.0211. The second-order valence-electron chi connectivity index (χ2n) is 5.37. The first-order chi connectivity index (χ1) is 9.60. The van der Waals surface area contributed by atoms with Gasteiger partial charge in [-0.25, -0.2) is 13.6 Å². The van der Waals surface area contributed by atoms with Gasteiger partial charge in [-0.1, -0.05) is 19.9 Å². The maximum atomic E-state index is 11.2. The molecule has 0 aliphatic heterocycles.